The molecule has 0 spiro atoms. The highest BCUT2D eigenvalue weighted by Crippen LogP contribution is 2.26. The lowest BCUT2D eigenvalue weighted by molar-refractivity contribution is -0.132. The third-order valence-corrected chi connectivity index (χ3v) is 5.58. The van der Waals surface area contributed by atoms with E-state index >= 15 is 0 Å². The fourth-order valence-electron chi connectivity index (χ4n) is 3.83. The van der Waals surface area contributed by atoms with Crippen molar-refractivity contribution >= 4 is 17.3 Å². The summed E-state index contributed by atoms with van der Waals surface area (Å²) in [5.41, 5.74) is 2.63. The Morgan fingerprint density at radius 1 is 0.920 bits per heavy atom. The summed E-state index contributed by atoms with van der Waals surface area (Å²) < 4.78 is 0. The van der Waals surface area contributed by atoms with Crippen LogP contribution in [0.25, 0.3) is 0 Å². The molecule has 0 saturated carbocycles. The summed E-state index contributed by atoms with van der Waals surface area (Å²) in [4.78, 5) is 19.1. The Kier molecular flexibility index (Phi) is 5.87. The number of rotatable bonds is 4. The Morgan fingerprint density at radius 2 is 1.40 bits per heavy atom. The lowest BCUT2D eigenvalue weighted by atomic mass is 9.99. The van der Waals surface area contributed by atoms with Crippen molar-refractivity contribution in [3.05, 3.63) is 24.3 Å². The molecule has 0 unspecified atom stereocenters. The van der Waals surface area contributed by atoms with Crippen LogP contribution < -0.4 is 9.80 Å². The molecule has 2 heterocycles. The lowest BCUT2D eigenvalue weighted by Crippen LogP contribution is -2.49. The van der Waals surface area contributed by atoms with Gasteiger partial charge in [0.1, 0.15) is 0 Å². The van der Waals surface area contributed by atoms with E-state index in [9.17, 15) is 4.79 Å². The van der Waals surface area contributed by atoms with Crippen LogP contribution in [-0.2, 0) is 4.79 Å². The maximum atomic E-state index is 12.2. The highest BCUT2D eigenvalue weighted by atomic mass is 16.2. The minimum absolute atomic E-state index is 0.310. The van der Waals surface area contributed by atoms with Crippen LogP contribution >= 0.6 is 0 Å². The molecule has 0 bridgehead atoms. The van der Waals surface area contributed by atoms with Crippen LogP contribution in [0.2, 0.25) is 0 Å². The minimum Gasteiger partial charge on any atom is -0.372 e. The van der Waals surface area contributed by atoms with E-state index in [0.717, 1.165) is 32.1 Å². The third-order valence-electron chi connectivity index (χ3n) is 5.58. The SMILES string of the molecule is CC(C)CC(=O)N1CCN(c2ccc(N3CCC(C)CC3)cc2)CC1. The second-order valence-electron chi connectivity index (χ2n) is 8.15. The Balaban J connectivity index is 1.53. The predicted octanol–water partition coefficient (Wildman–Crippen LogP) is 3.62. The Bertz CT molecular complexity index is 553. The van der Waals surface area contributed by atoms with Gasteiger partial charge in [0, 0.05) is 57.1 Å². The van der Waals surface area contributed by atoms with Crippen LogP contribution in [0.1, 0.15) is 40.0 Å². The van der Waals surface area contributed by atoms with Gasteiger partial charge in [-0.15, -0.1) is 0 Å². The highest BCUT2D eigenvalue weighted by Gasteiger charge is 2.22. The molecule has 2 aliphatic heterocycles. The number of hydrogen-bond acceptors (Lipinski definition) is 3. The Hall–Kier alpha value is -1.71. The quantitative estimate of drug-likeness (QED) is 0.835. The van der Waals surface area contributed by atoms with Crippen molar-refractivity contribution in [3.63, 3.8) is 0 Å². The monoisotopic (exact) mass is 343 g/mol. The summed E-state index contributed by atoms with van der Waals surface area (Å²) in [5.74, 6) is 1.62. The number of hydrogen-bond donors (Lipinski definition) is 0. The maximum Gasteiger partial charge on any atom is 0.222 e. The zero-order valence-electron chi connectivity index (χ0n) is 16.1. The zero-order valence-corrected chi connectivity index (χ0v) is 16.1. The average molecular weight is 344 g/mol. The molecule has 0 aromatic heterocycles. The smallest absolute Gasteiger partial charge is 0.222 e. The van der Waals surface area contributed by atoms with Crippen molar-refractivity contribution in [1.82, 2.24) is 4.90 Å². The van der Waals surface area contributed by atoms with Crippen molar-refractivity contribution in [1.29, 1.82) is 0 Å². The molecule has 1 amide bonds. The molecule has 2 aliphatic rings. The van der Waals surface area contributed by atoms with Crippen LogP contribution in [-0.4, -0.2) is 50.1 Å². The van der Waals surface area contributed by atoms with E-state index in [1.54, 1.807) is 0 Å². The molecule has 2 fully saturated rings. The molecule has 1 aromatic carbocycles. The maximum absolute atomic E-state index is 12.2. The molecule has 138 valence electrons. The number of piperidine rings is 1. The predicted molar refractivity (Wildman–Crippen MR) is 105 cm³/mol. The summed E-state index contributed by atoms with van der Waals surface area (Å²) in [5, 5.41) is 0. The molecule has 25 heavy (non-hydrogen) atoms. The second kappa shape index (κ2) is 8.11. The van der Waals surface area contributed by atoms with Gasteiger partial charge in [-0.2, -0.15) is 0 Å². The fraction of sp³-hybridized carbons (Fsp3) is 0.667. The normalized spacial score (nSPS) is 19.6. The molecular formula is C21H33N3O. The summed E-state index contributed by atoms with van der Waals surface area (Å²) in [6, 6.07) is 9.03. The molecule has 3 rings (SSSR count). The van der Waals surface area contributed by atoms with Gasteiger partial charge >= 0.3 is 0 Å². The van der Waals surface area contributed by atoms with E-state index in [1.165, 1.54) is 37.3 Å². The molecule has 0 aliphatic carbocycles. The van der Waals surface area contributed by atoms with E-state index in [1.807, 2.05) is 4.90 Å². The first-order valence-corrected chi connectivity index (χ1v) is 9.90. The van der Waals surface area contributed by atoms with Gasteiger partial charge in [0.2, 0.25) is 5.91 Å². The van der Waals surface area contributed by atoms with Gasteiger partial charge in [-0.1, -0.05) is 20.8 Å². The highest BCUT2D eigenvalue weighted by molar-refractivity contribution is 5.76. The largest absolute Gasteiger partial charge is 0.372 e. The van der Waals surface area contributed by atoms with Crippen molar-refractivity contribution < 1.29 is 4.79 Å². The van der Waals surface area contributed by atoms with Gasteiger partial charge in [0.15, 0.2) is 0 Å². The van der Waals surface area contributed by atoms with Crippen molar-refractivity contribution in [2.75, 3.05) is 49.1 Å². The summed E-state index contributed by atoms with van der Waals surface area (Å²) >= 11 is 0. The summed E-state index contributed by atoms with van der Waals surface area (Å²) in [7, 11) is 0. The first-order valence-electron chi connectivity index (χ1n) is 9.90. The van der Waals surface area contributed by atoms with Crippen molar-refractivity contribution in [3.8, 4) is 0 Å². The van der Waals surface area contributed by atoms with E-state index < -0.39 is 0 Å². The number of benzene rings is 1. The lowest BCUT2D eigenvalue weighted by Gasteiger charge is -2.37. The first kappa shape index (κ1) is 18.1. The molecule has 4 nitrogen and oxygen atoms in total. The first-order chi connectivity index (χ1) is 12.0. The van der Waals surface area contributed by atoms with Crippen molar-refractivity contribution in [2.45, 2.75) is 40.0 Å². The van der Waals surface area contributed by atoms with Crippen molar-refractivity contribution in [2.24, 2.45) is 11.8 Å². The van der Waals surface area contributed by atoms with Crippen LogP contribution in [0.5, 0.6) is 0 Å². The Labute approximate surface area is 152 Å². The van der Waals surface area contributed by atoms with Crippen LogP contribution in [0.3, 0.4) is 0 Å². The van der Waals surface area contributed by atoms with Crippen LogP contribution in [0.15, 0.2) is 24.3 Å². The zero-order chi connectivity index (χ0) is 17.8. The number of piperazine rings is 1. The second-order valence-corrected chi connectivity index (χ2v) is 8.15. The molecule has 2 saturated heterocycles. The van der Waals surface area contributed by atoms with Crippen LogP contribution in [0, 0.1) is 11.8 Å². The van der Waals surface area contributed by atoms with E-state index in [0.29, 0.717) is 18.2 Å². The number of amides is 1. The van der Waals surface area contributed by atoms with E-state index in [4.69, 9.17) is 0 Å². The number of nitrogens with zero attached hydrogens (tertiary/aromatic N) is 3. The molecule has 0 radical (unpaired) electrons. The molecular weight excluding hydrogens is 310 g/mol. The topological polar surface area (TPSA) is 26.8 Å². The Morgan fingerprint density at radius 3 is 1.88 bits per heavy atom. The number of carbonyl (C=O) groups excluding carboxylic acids is 1. The van der Waals surface area contributed by atoms with Crippen LogP contribution in [0.4, 0.5) is 11.4 Å². The van der Waals surface area contributed by atoms with Gasteiger partial charge in [-0.3, -0.25) is 4.79 Å². The molecule has 4 heteroatoms. The summed E-state index contributed by atoms with van der Waals surface area (Å²) in [6.45, 7) is 12.5. The number of anilines is 2. The van der Waals surface area contributed by atoms with E-state index in [-0.39, 0.29) is 0 Å². The third kappa shape index (κ3) is 4.68. The van der Waals surface area contributed by atoms with Gasteiger partial charge in [-0.25, -0.2) is 0 Å². The fourth-order valence-corrected chi connectivity index (χ4v) is 3.83. The van der Waals surface area contributed by atoms with Gasteiger partial charge in [0.05, 0.1) is 0 Å². The summed E-state index contributed by atoms with van der Waals surface area (Å²) in [6.07, 6.45) is 3.27. The van der Waals surface area contributed by atoms with E-state index in [2.05, 4.69) is 54.8 Å². The average Bonchev–Trinajstić information content (AvgIpc) is 2.62. The molecule has 1 aromatic rings. The van der Waals surface area contributed by atoms with Gasteiger partial charge < -0.3 is 14.7 Å². The standard InChI is InChI=1S/C21H33N3O/c1-17(2)16-21(25)24-14-12-23(13-15-24)20-6-4-19(5-7-20)22-10-8-18(3)9-11-22/h4-7,17-18H,8-16H2,1-3H3. The van der Waals surface area contributed by atoms with Gasteiger partial charge in [0.25, 0.3) is 0 Å². The van der Waals surface area contributed by atoms with Gasteiger partial charge in [-0.05, 0) is 48.9 Å². The minimum atomic E-state index is 0.310. The number of carbonyl (C=O) groups is 1. The molecule has 0 N–H and O–H groups in total. The molecule has 0 atom stereocenters.